The zero-order chi connectivity index (χ0) is 14.4. The van der Waals surface area contributed by atoms with Gasteiger partial charge in [-0.05, 0) is 24.6 Å². The second kappa shape index (κ2) is 7.21. The summed E-state index contributed by atoms with van der Waals surface area (Å²) in [6.45, 7) is 2.23. The third kappa shape index (κ3) is 4.01. The van der Waals surface area contributed by atoms with Crippen molar-refractivity contribution in [2.45, 2.75) is 13.5 Å². The van der Waals surface area contributed by atoms with Crippen molar-refractivity contribution in [2.24, 2.45) is 0 Å². The minimum absolute atomic E-state index is 0.112. The Balaban J connectivity index is 2.86. The van der Waals surface area contributed by atoms with E-state index in [0.717, 1.165) is 0 Å². The molecule has 1 aromatic rings. The van der Waals surface area contributed by atoms with Crippen molar-refractivity contribution in [1.29, 1.82) is 0 Å². The molecule has 0 aromatic heterocycles. The van der Waals surface area contributed by atoms with Gasteiger partial charge in [-0.15, -0.1) is 0 Å². The molecule has 0 bridgehead atoms. The topological polar surface area (TPSA) is 59.0 Å². The minimum Gasteiger partial charge on any atom is -0.493 e. The Bertz CT molecular complexity index is 451. The molecule has 0 aliphatic carbocycles. The Labute approximate surface area is 117 Å². The van der Waals surface area contributed by atoms with Crippen LogP contribution in [0.5, 0.6) is 11.5 Å². The van der Waals surface area contributed by atoms with Crippen LogP contribution < -0.4 is 9.47 Å². The van der Waals surface area contributed by atoms with Crippen LogP contribution in [0.4, 0.5) is 0 Å². The first-order chi connectivity index (χ1) is 9.03. The lowest BCUT2D eigenvalue weighted by Crippen LogP contribution is -2.31. The number of aliphatic hydroxyl groups is 1. The third-order valence-corrected chi connectivity index (χ3v) is 2.99. The average molecular weight is 288 g/mol. The van der Waals surface area contributed by atoms with E-state index < -0.39 is 0 Å². The van der Waals surface area contributed by atoms with Gasteiger partial charge in [-0.2, -0.15) is 0 Å². The smallest absolute Gasteiger partial charge is 0.260 e. The summed E-state index contributed by atoms with van der Waals surface area (Å²) in [5, 5.41) is 9.38. The SMILES string of the molecule is CCN(C)C(=O)COc1c(Cl)cc(CO)cc1OC. The van der Waals surface area contributed by atoms with E-state index in [1.54, 1.807) is 24.1 Å². The van der Waals surface area contributed by atoms with E-state index in [0.29, 0.717) is 28.6 Å². The van der Waals surface area contributed by atoms with Crippen LogP contribution in [0.2, 0.25) is 5.02 Å². The number of carbonyl (C=O) groups is 1. The molecule has 0 saturated carbocycles. The highest BCUT2D eigenvalue weighted by atomic mass is 35.5. The highest BCUT2D eigenvalue weighted by Gasteiger charge is 2.14. The molecule has 1 N–H and O–H groups in total. The van der Waals surface area contributed by atoms with Crippen LogP contribution in [-0.2, 0) is 11.4 Å². The Morgan fingerprint density at radius 1 is 1.47 bits per heavy atom. The Morgan fingerprint density at radius 2 is 2.16 bits per heavy atom. The van der Waals surface area contributed by atoms with Crippen LogP contribution in [0.1, 0.15) is 12.5 Å². The molecule has 0 atom stereocenters. The molecule has 6 heteroatoms. The van der Waals surface area contributed by atoms with Gasteiger partial charge in [-0.1, -0.05) is 11.6 Å². The van der Waals surface area contributed by atoms with Gasteiger partial charge in [0, 0.05) is 13.6 Å². The molecule has 0 aliphatic rings. The van der Waals surface area contributed by atoms with E-state index in [9.17, 15) is 4.79 Å². The fraction of sp³-hybridized carbons (Fsp3) is 0.462. The highest BCUT2D eigenvalue weighted by Crippen LogP contribution is 2.36. The molecular weight excluding hydrogens is 270 g/mol. The average Bonchev–Trinajstić information content (AvgIpc) is 2.43. The second-order valence-corrected chi connectivity index (χ2v) is 4.37. The van der Waals surface area contributed by atoms with Crippen molar-refractivity contribution >= 4 is 17.5 Å². The van der Waals surface area contributed by atoms with Crippen molar-refractivity contribution in [3.8, 4) is 11.5 Å². The van der Waals surface area contributed by atoms with Gasteiger partial charge in [0.05, 0.1) is 18.7 Å². The van der Waals surface area contributed by atoms with Gasteiger partial charge in [0.15, 0.2) is 18.1 Å². The molecule has 1 amide bonds. The molecule has 0 radical (unpaired) electrons. The number of carbonyl (C=O) groups excluding carboxylic acids is 1. The molecule has 0 unspecified atom stereocenters. The molecule has 0 spiro atoms. The van der Waals surface area contributed by atoms with E-state index in [4.69, 9.17) is 26.2 Å². The Hall–Kier alpha value is -1.46. The maximum absolute atomic E-state index is 11.7. The van der Waals surface area contributed by atoms with Crippen molar-refractivity contribution in [2.75, 3.05) is 27.3 Å². The summed E-state index contributed by atoms with van der Waals surface area (Å²) in [6, 6.07) is 3.20. The van der Waals surface area contributed by atoms with Gasteiger partial charge in [-0.3, -0.25) is 4.79 Å². The number of rotatable bonds is 6. The number of nitrogens with zero attached hydrogens (tertiary/aromatic N) is 1. The van der Waals surface area contributed by atoms with E-state index in [1.807, 2.05) is 6.92 Å². The minimum atomic E-state index is -0.146. The van der Waals surface area contributed by atoms with Crippen molar-refractivity contribution in [3.63, 3.8) is 0 Å². The van der Waals surface area contributed by atoms with E-state index in [2.05, 4.69) is 0 Å². The molecule has 1 aromatic carbocycles. The zero-order valence-corrected chi connectivity index (χ0v) is 12.0. The Kier molecular flexibility index (Phi) is 5.92. The number of likely N-dealkylation sites (N-methyl/N-ethyl adjacent to an activating group) is 1. The fourth-order valence-corrected chi connectivity index (χ4v) is 1.71. The van der Waals surface area contributed by atoms with Crippen LogP contribution >= 0.6 is 11.6 Å². The number of aliphatic hydroxyl groups excluding tert-OH is 1. The lowest BCUT2D eigenvalue weighted by Gasteiger charge is -2.17. The first-order valence-electron chi connectivity index (χ1n) is 5.87. The standard InChI is InChI=1S/C13H18ClNO4/c1-4-15(2)12(17)8-19-13-10(14)5-9(7-16)6-11(13)18-3/h5-6,16H,4,7-8H2,1-3H3. The maximum Gasteiger partial charge on any atom is 0.260 e. The van der Waals surface area contributed by atoms with Gasteiger partial charge in [0.1, 0.15) is 0 Å². The number of halogens is 1. The van der Waals surface area contributed by atoms with E-state index in [1.165, 1.54) is 7.11 Å². The molecular formula is C13H18ClNO4. The number of hydrogen-bond acceptors (Lipinski definition) is 4. The van der Waals surface area contributed by atoms with Gasteiger partial charge >= 0.3 is 0 Å². The van der Waals surface area contributed by atoms with Crippen LogP contribution in [0.3, 0.4) is 0 Å². The number of methoxy groups -OCH3 is 1. The molecule has 0 aliphatic heterocycles. The molecule has 106 valence electrons. The monoisotopic (exact) mass is 287 g/mol. The highest BCUT2D eigenvalue weighted by molar-refractivity contribution is 6.32. The maximum atomic E-state index is 11.7. The van der Waals surface area contributed by atoms with Crippen molar-refractivity contribution in [1.82, 2.24) is 4.90 Å². The van der Waals surface area contributed by atoms with Gasteiger partial charge < -0.3 is 19.5 Å². The van der Waals surface area contributed by atoms with Crippen LogP contribution in [0.15, 0.2) is 12.1 Å². The largest absolute Gasteiger partial charge is 0.493 e. The van der Waals surface area contributed by atoms with Gasteiger partial charge in [0.25, 0.3) is 5.91 Å². The molecule has 0 fully saturated rings. The molecule has 1 rings (SSSR count). The normalized spacial score (nSPS) is 10.2. The summed E-state index contributed by atoms with van der Waals surface area (Å²) in [7, 11) is 3.17. The summed E-state index contributed by atoms with van der Waals surface area (Å²) < 4.78 is 10.6. The molecule has 0 heterocycles. The molecule has 5 nitrogen and oxygen atoms in total. The zero-order valence-electron chi connectivity index (χ0n) is 11.3. The van der Waals surface area contributed by atoms with Crippen LogP contribution in [0.25, 0.3) is 0 Å². The third-order valence-electron chi connectivity index (χ3n) is 2.71. The summed E-state index contributed by atoms with van der Waals surface area (Å²) in [5.74, 6) is 0.551. The molecule has 19 heavy (non-hydrogen) atoms. The number of amides is 1. The summed E-state index contributed by atoms with van der Waals surface area (Å²) in [6.07, 6.45) is 0. The predicted octanol–water partition coefficient (Wildman–Crippen LogP) is 1.70. The van der Waals surface area contributed by atoms with E-state index in [-0.39, 0.29) is 19.1 Å². The lowest BCUT2D eigenvalue weighted by atomic mass is 10.2. The van der Waals surface area contributed by atoms with Gasteiger partial charge in [-0.25, -0.2) is 0 Å². The number of hydrogen-bond donors (Lipinski definition) is 1. The number of ether oxygens (including phenoxy) is 2. The first kappa shape index (κ1) is 15.6. The Morgan fingerprint density at radius 3 is 2.68 bits per heavy atom. The molecule has 0 saturated heterocycles. The van der Waals surface area contributed by atoms with Gasteiger partial charge in [0.2, 0.25) is 0 Å². The lowest BCUT2D eigenvalue weighted by molar-refractivity contribution is -0.131. The van der Waals surface area contributed by atoms with Crippen molar-refractivity contribution < 1.29 is 19.4 Å². The summed E-state index contributed by atoms with van der Waals surface area (Å²) in [4.78, 5) is 13.2. The van der Waals surface area contributed by atoms with Crippen LogP contribution in [-0.4, -0.2) is 43.2 Å². The van der Waals surface area contributed by atoms with Crippen molar-refractivity contribution in [3.05, 3.63) is 22.7 Å². The summed E-state index contributed by atoms with van der Waals surface area (Å²) in [5.41, 5.74) is 0.617. The predicted molar refractivity (Wildman–Crippen MR) is 72.7 cm³/mol. The van der Waals surface area contributed by atoms with E-state index >= 15 is 0 Å². The van der Waals surface area contributed by atoms with Crippen LogP contribution in [0, 0.1) is 0 Å². The quantitative estimate of drug-likeness (QED) is 0.865. The first-order valence-corrected chi connectivity index (χ1v) is 6.25. The second-order valence-electron chi connectivity index (χ2n) is 3.96. The fourth-order valence-electron chi connectivity index (χ4n) is 1.43. The summed E-state index contributed by atoms with van der Waals surface area (Å²) >= 11 is 6.05. The number of benzene rings is 1.